The molecule has 1 fully saturated rings. The van der Waals surface area contributed by atoms with Crippen LogP contribution in [0.2, 0.25) is 0 Å². The first-order valence-electron chi connectivity index (χ1n) is 4.84. The van der Waals surface area contributed by atoms with Gasteiger partial charge in [-0.05, 0) is 6.42 Å². The Morgan fingerprint density at radius 1 is 1.57 bits per heavy atom. The molecule has 0 unspecified atom stereocenters. The molecule has 4 heteroatoms. The molecule has 0 aliphatic carbocycles. The zero-order chi connectivity index (χ0) is 10.6. The van der Waals surface area contributed by atoms with Gasteiger partial charge in [0, 0.05) is 23.6 Å². The van der Waals surface area contributed by atoms with Crippen LogP contribution in [0, 0.1) is 11.3 Å². The second kappa shape index (κ2) is 4.70. The number of nitrogens with zero attached hydrogens (tertiary/aromatic N) is 2. The van der Waals surface area contributed by atoms with E-state index in [9.17, 15) is 4.79 Å². The summed E-state index contributed by atoms with van der Waals surface area (Å²) < 4.78 is 0.266. The van der Waals surface area contributed by atoms with Crippen LogP contribution in [0.15, 0.2) is 0 Å². The predicted molar refractivity (Wildman–Crippen MR) is 58.0 cm³/mol. The highest BCUT2D eigenvalue weighted by molar-refractivity contribution is 8.00. The van der Waals surface area contributed by atoms with Gasteiger partial charge in [-0.1, -0.05) is 13.8 Å². The van der Waals surface area contributed by atoms with E-state index in [2.05, 4.69) is 13.8 Å². The molecule has 0 aromatic carbocycles. The zero-order valence-corrected chi connectivity index (χ0v) is 9.56. The fourth-order valence-electron chi connectivity index (χ4n) is 1.45. The number of thioether (sulfide) groups is 1. The summed E-state index contributed by atoms with van der Waals surface area (Å²) in [5.74, 6) is 0.954. The Kier molecular flexibility index (Phi) is 3.82. The number of amides is 1. The second-order valence-corrected chi connectivity index (χ2v) is 5.88. The lowest BCUT2D eigenvalue weighted by Gasteiger charge is -2.22. The third-order valence-electron chi connectivity index (χ3n) is 2.42. The maximum Gasteiger partial charge on any atom is 0.236 e. The van der Waals surface area contributed by atoms with Crippen molar-refractivity contribution in [2.45, 2.75) is 31.4 Å². The first-order chi connectivity index (χ1) is 6.55. The van der Waals surface area contributed by atoms with Crippen LogP contribution in [0.5, 0.6) is 0 Å². The standard InChI is InChI=1S/C10H16N2OS/c1-10(2)4-6-12(7-8-14-10)9(13)3-5-11/h3-4,6-8H2,1-2H3. The van der Waals surface area contributed by atoms with E-state index in [0.29, 0.717) is 0 Å². The minimum Gasteiger partial charge on any atom is -0.341 e. The summed E-state index contributed by atoms with van der Waals surface area (Å²) >= 11 is 1.90. The van der Waals surface area contributed by atoms with Crippen LogP contribution in [0.4, 0.5) is 0 Å². The molecule has 0 aromatic rings. The van der Waals surface area contributed by atoms with Crippen LogP contribution in [0.1, 0.15) is 26.7 Å². The van der Waals surface area contributed by atoms with Gasteiger partial charge in [0.05, 0.1) is 6.07 Å². The van der Waals surface area contributed by atoms with Crippen LogP contribution in [0.25, 0.3) is 0 Å². The van der Waals surface area contributed by atoms with Gasteiger partial charge in [0.2, 0.25) is 5.91 Å². The smallest absolute Gasteiger partial charge is 0.236 e. The molecule has 1 amide bonds. The third kappa shape index (κ3) is 3.22. The van der Waals surface area contributed by atoms with E-state index in [-0.39, 0.29) is 17.1 Å². The van der Waals surface area contributed by atoms with Crippen LogP contribution in [-0.2, 0) is 4.79 Å². The van der Waals surface area contributed by atoms with E-state index in [0.717, 1.165) is 25.3 Å². The largest absolute Gasteiger partial charge is 0.341 e. The lowest BCUT2D eigenvalue weighted by atomic mass is 10.1. The Morgan fingerprint density at radius 3 is 2.93 bits per heavy atom. The van der Waals surface area contributed by atoms with Crippen molar-refractivity contribution in [2.75, 3.05) is 18.8 Å². The van der Waals surface area contributed by atoms with E-state index < -0.39 is 0 Å². The normalized spacial score (nSPS) is 21.1. The minimum absolute atomic E-state index is 0.0189. The van der Waals surface area contributed by atoms with Crippen molar-refractivity contribution in [3.63, 3.8) is 0 Å². The summed E-state index contributed by atoms with van der Waals surface area (Å²) in [7, 11) is 0. The van der Waals surface area contributed by atoms with Gasteiger partial charge in [0.25, 0.3) is 0 Å². The molecule has 0 spiro atoms. The fraction of sp³-hybridized carbons (Fsp3) is 0.800. The number of hydrogen-bond acceptors (Lipinski definition) is 3. The van der Waals surface area contributed by atoms with Gasteiger partial charge < -0.3 is 4.90 Å². The molecule has 1 aliphatic rings. The SMILES string of the molecule is CC1(C)CCN(C(=O)CC#N)CCS1. The maximum absolute atomic E-state index is 11.5. The molecular weight excluding hydrogens is 196 g/mol. The molecule has 1 saturated heterocycles. The molecule has 0 N–H and O–H groups in total. The van der Waals surface area contributed by atoms with Crippen molar-refractivity contribution in [1.82, 2.24) is 4.90 Å². The highest BCUT2D eigenvalue weighted by Crippen LogP contribution is 2.30. The van der Waals surface area contributed by atoms with E-state index in [1.54, 1.807) is 0 Å². The molecule has 0 radical (unpaired) electrons. The molecule has 1 rings (SSSR count). The Balaban J connectivity index is 2.50. The van der Waals surface area contributed by atoms with Gasteiger partial charge in [-0.25, -0.2) is 0 Å². The number of carbonyl (C=O) groups is 1. The zero-order valence-electron chi connectivity index (χ0n) is 8.75. The number of nitriles is 1. The summed E-state index contributed by atoms with van der Waals surface area (Å²) in [5.41, 5.74) is 0. The Morgan fingerprint density at radius 2 is 2.29 bits per heavy atom. The first kappa shape index (κ1) is 11.4. The number of hydrogen-bond donors (Lipinski definition) is 0. The van der Waals surface area contributed by atoms with E-state index in [4.69, 9.17) is 5.26 Å². The highest BCUT2D eigenvalue weighted by atomic mass is 32.2. The van der Waals surface area contributed by atoms with Crippen molar-refractivity contribution in [3.8, 4) is 6.07 Å². The maximum atomic E-state index is 11.5. The molecule has 0 saturated carbocycles. The molecule has 3 nitrogen and oxygen atoms in total. The van der Waals surface area contributed by atoms with Gasteiger partial charge in [-0.3, -0.25) is 4.79 Å². The monoisotopic (exact) mass is 212 g/mol. The molecule has 0 atom stereocenters. The fourth-order valence-corrected chi connectivity index (χ4v) is 2.55. The summed E-state index contributed by atoms with van der Waals surface area (Å²) in [5, 5.41) is 8.44. The quantitative estimate of drug-likeness (QED) is 0.663. The molecule has 14 heavy (non-hydrogen) atoms. The second-order valence-electron chi connectivity index (χ2n) is 4.07. The van der Waals surface area contributed by atoms with E-state index in [1.807, 2.05) is 22.7 Å². The van der Waals surface area contributed by atoms with Gasteiger partial charge in [0.15, 0.2) is 0 Å². The van der Waals surface area contributed by atoms with Crippen LogP contribution >= 0.6 is 11.8 Å². The van der Waals surface area contributed by atoms with Crippen molar-refractivity contribution >= 4 is 17.7 Å². The van der Waals surface area contributed by atoms with Crippen LogP contribution in [-0.4, -0.2) is 34.4 Å². The number of rotatable bonds is 1. The Bertz CT molecular complexity index is 257. The summed E-state index contributed by atoms with van der Waals surface area (Å²) in [4.78, 5) is 13.3. The molecule has 78 valence electrons. The van der Waals surface area contributed by atoms with Crippen LogP contribution < -0.4 is 0 Å². The number of carbonyl (C=O) groups excluding carboxylic acids is 1. The first-order valence-corrected chi connectivity index (χ1v) is 5.82. The predicted octanol–water partition coefficient (Wildman–Crippen LogP) is 1.64. The van der Waals surface area contributed by atoms with E-state index in [1.165, 1.54) is 0 Å². The van der Waals surface area contributed by atoms with Gasteiger partial charge in [-0.15, -0.1) is 0 Å². The third-order valence-corrected chi connectivity index (χ3v) is 3.79. The molecule has 1 heterocycles. The lowest BCUT2D eigenvalue weighted by molar-refractivity contribution is -0.129. The molecular formula is C10H16N2OS. The van der Waals surface area contributed by atoms with Crippen molar-refractivity contribution in [3.05, 3.63) is 0 Å². The summed E-state index contributed by atoms with van der Waals surface area (Å²) in [6.45, 7) is 5.99. The van der Waals surface area contributed by atoms with Gasteiger partial charge in [-0.2, -0.15) is 17.0 Å². The topological polar surface area (TPSA) is 44.1 Å². The summed E-state index contributed by atoms with van der Waals surface area (Å²) in [6, 6.07) is 1.91. The minimum atomic E-state index is -0.0224. The molecule has 1 aliphatic heterocycles. The van der Waals surface area contributed by atoms with Crippen molar-refractivity contribution in [1.29, 1.82) is 5.26 Å². The lowest BCUT2D eigenvalue weighted by Crippen LogP contribution is -2.33. The van der Waals surface area contributed by atoms with Crippen molar-refractivity contribution in [2.24, 2.45) is 0 Å². The van der Waals surface area contributed by atoms with Crippen molar-refractivity contribution < 1.29 is 4.79 Å². The molecule has 0 aromatic heterocycles. The highest BCUT2D eigenvalue weighted by Gasteiger charge is 2.25. The van der Waals surface area contributed by atoms with Gasteiger partial charge >= 0.3 is 0 Å². The van der Waals surface area contributed by atoms with Gasteiger partial charge in [0.1, 0.15) is 6.42 Å². The average Bonchev–Trinajstić information content (AvgIpc) is 2.27. The van der Waals surface area contributed by atoms with Crippen LogP contribution in [0.3, 0.4) is 0 Å². The van der Waals surface area contributed by atoms with E-state index >= 15 is 0 Å². The molecule has 0 bridgehead atoms. The Labute approximate surface area is 89.5 Å². The average molecular weight is 212 g/mol. The summed E-state index contributed by atoms with van der Waals surface area (Å²) in [6.07, 6.45) is 1.03. The Hall–Kier alpha value is -0.690.